The second-order valence-corrected chi connectivity index (χ2v) is 6.10. The molecule has 0 heterocycles. The highest BCUT2D eigenvalue weighted by Gasteiger charge is 2.16. The third-order valence-electron chi connectivity index (χ3n) is 2.85. The molecule has 7 heteroatoms. The fourth-order valence-corrected chi connectivity index (χ4v) is 2.51. The van der Waals surface area contributed by atoms with Crippen LogP contribution in [0.3, 0.4) is 0 Å². The summed E-state index contributed by atoms with van der Waals surface area (Å²) in [7, 11) is 0. The van der Waals surface area contributed by atoms with Crippen molar-refractivity contribution in [2.45, 2.75) is 6.92 Å². The average Bonchev–Trinajstić information content (AvgIpc) is 2.43. The standard InChI is InChI=1S/C14H10Br2N2O3/c1-8-2-3-9(15)6-13(8)17-14(19)11-7-10(18(20)21)4-5-12(11)16/h2-7H,1H3,(H,17,19). The number of halogens is 2. The molecule has 0 aliphatic heterocycles. The van der Waals surface area contributed by atoms with Gasteiger partial charge in [0.2, 0.25) is 0 Å². The van der Waals surface area contributed by atoms with E-state index >= 15 is 0 Å². The lowest BCUT2D eigenvalue weighted by atomic mass is 10.1. The Hall–Kier alpha value is -1.73. The Balaban J connectivity index is 2.34. The number of hydrogen-bond donors (Lipinski definition) is 1. The number of carbonyl (C=O) groups is 1. The Bertz CT molecular complexity index is 732. The van der Waals surface area contributed by atoms with Crippen molar-refractivity contribution in [1.82, 2.24) is 0 Å². The normalized spacial score (nSPS) is 10.2. The van der Waals surface area contributed by atoms with Gasteiger partial charge in [-0.25, -0.2) is 0 Å². The van der Waals surface area contributed by atoms with E-state index in [1.165, 1.54) is 18.2 Å². The third-order valence-corrected chi connectivity index (χ3v) is 4.04. The van der Waals surface area contributed by atoms with Gasteiger partial charge in [0.05, 0.1) is 10.5 Å². The summed E-state index contributed by atoms with van der Waals surface area (Å²) in [6.45, 7) is 1.87. The summed E-state index contributed by atoms with van der Waals surface area (Å²) in [5.41, 5.74) is 1.62. The summed E-state index contributed by atoms with van der Waals surface area (Å²) in [6, 6.07) is 9.58. The maximum atomic E-state index is 12.3. The molecule has 0 saturated heterocycles. The van der Waals surface area contributed by atoms with Crippen LogP contribution in [0.1, 0.15) is 15.9 Å². The first kappa shape index (κ1) is 15.7. The predicted octanol–water partition coefficient (Wildman–Crippen LogP) is 4.68. The number of benzene rings is 2. The number of rotatable bonds is 3. The number of carbonyl (C=O) groups excluding carboxylic acids is 1. The van der Waals surface area contributed by atoms with E-state index in [0.29, 0.717) is 10.2 Å². The third kappa shape index (κ3) is 3.68. The van der Waals surface area contributed by atoms with Crippen molar-refractivity contribution >= 4 is 49.1 Å². The van der Waals surface area contributed by atoms with Crippen molar-refractivity contribution < 1.29 is 9.72 Å². The molecule has 5 nitrogen and oxygen atoms in total. The van der Waals surface area contributed by atoms with Crippen LogP contribution in [0.5, 0.6) is 0 Å². The number of non-ortho nitro benzene ring substituents is 1. The monoisotopic (exact) mass is 412 g/mol. The maximum Gasteiger partial charge on any atom is 0.270 e. The van der Waals surface area contributed by atoms with Crippen molar-refractivity contribution in [2.75, 3.05) is 5.32 Å². The first-order valence-corrected chi connectivity index (χ1v) is 7.48. The molecule has 2 aromatic rings. The van der Waals surface area contributed by atoms with Crippen molar-refractivity contribution in [3.05, 3.63) is 66.6 Å². The molecule has 0 aromatic heterocycles. The van der Waals surface area contributed by atoms with E-state index in [2.05, 4.69) is 37.2 Å². The highest BCUT2D eigenvalue weighted by Crippen LogP contribution is 2.25. The molecule has 0 bridgehead atoms. The van der Waals surface area contributed by atoms with Crippen LogP contribution in [-0.4, -0.2) is 10.8 Å². The molecule has 2 rings (SSSR count). The largest absolute Gasteiger partial charge is 0.322 e. The summed E-state index contributed by atoms with van der Waals surface area (Å²) in [6.07, 6.45) is 0. The van der Waals surface area contributed by atoms with Crippen LogP contribution in [0.15, 0.2) is 45.3 Å². The average molecular weight is 414 g/mol. The first-order valence-electron chi connectivity index (χ1n) is 5.90. The lowest BCUT2D eigenvalue weighted by Gasteiger charge is -2.10. The Morgan fingerprint density at radius 3 is 2.57 bits per heavy atom. The summed E-state index contributed by atoms with van der Waals surface area (Å²) in [5, 5.41) is 13.5. The van der Waals surface area contributed by atoms with Crippen molar-refractivity contribution in [1.29, 1.82) is 0 Å². The lowest BCUT2D eigenvalue weighted by Crippen LogP contribution is -2.13. The summed E-state index contributed by atoms with van der Waals surface area (Å²) in [4.78, 5) is 22.6. The second-order valence-electron chi connectivity index (χ2n) is 4.33. The van der Waals surface area contributed by atoms with Gasteiger partial charge < -0.3 is 5.32 Å². The molecular formula is C14H10Br2N2O3. The quantitative estimate of drug-likeness (QED) is 0.586. The lowest BCUT2D eigenvalue weighted by molar-refractivity contribution is -0.384. The molecule has 0 aliphatic rings. The van der Waals surface area contributed by atoms with Gasteiger partial charge in [0.1, 0.15) is 0 Å². The molecule has 0 radical (unpaired) electrons. The molecule has 0 aliphatic carbocycles. The molecule has 1 N–H and O–H groups in total. The number of aryl methyl sites for hydroxylation is 1. The van der Waals surface area contributed by atoms with Gasteiger partial charge in [-0.3, -0.25) is 14.9 Å². The van der Waals surface area contributed by atoms with Crippen LogP contribution >= 0.6 is 31.9 Å². The van der Waals surface area contributed by atoms with Crippen LogP contribution < -0.4 is 5.32 Å². The van der Waals surface area contributed by atoms with Gasteiger partial charge in [0.15, 0.2) is 0 Å². The Morgan fingerprint density at radius 1 is 1.19 bits per heavy atom. The van der Waals surface area contributed by atoms with E-state index in [1.54, 1.807) is 6.07 Å². The topological polar surface area (TPSA) is 72.2 Å². The van der Waals surface area contributed by atoms with Crippen LogP contribution in [0, 0.1) is 17.0 Å². The highest BCUT2D eigenvalue weighted by molar-refractivity contribution is 9.10. The molecule has 0 spiro atoms. The minimum absolute atomic E-state index is 0.130. The molecule has 0 atom stereocenters. The minimum Gasteiger partial charge on any atom is -0.322 e. The van der Waals surface area contributed by atoms with E-state index in [0.717, 1.165) is 10.0 Å². The Labute approximate surface area is 137 Å². The number of hydrogen-bond acceptors (Lipinski definition) is 3. The number of anilines is 1. The van der Waals surface area contributed by atoms with Crippen LogP contribution in [-0.2, 0) is 0 Å². The molecule has 0 saturated carbocycles. The van der Waals surface area contributed by atoms with Crippen LogP contribution in [0.4, 0.5) is 11.4 Å². The molecule has 1 amide bonds. The van der Waals surface area contributed by atoms with Crippen LogP contribution in [0.25, 0.3) is 0 Å². The van der Waals surface area contributed by atoms with E-state index in [4.69, 9.17) is 0 Å². The fraction of sp³-hybridized carbons (Fsp3) is 0.0714. The molecule has 108 valence electrons. The van der Waals surface area contributed by atoms with Gasteiger partial charge in [-0.2, -0.15) is 0 Å². The molecule has 2 aromatic carbocycles. The van der Waals surface area contributed by atoms with Crippen molar-refractivity contribution in [3.8, 4) is 0 Å². The SMILES string of the molecule is Cc1ccc(Br)cc1NC(=O)c1cc([N+](=O)[O-])ccc1Br. The van der Waals surface area contributed by atoms with Gasteiger partial charge in [0, 0.05) is 26.8 Å². The zero-order valence-corrected chi connectivity index (χ0v) is 14.1. The van der Waals surface area contributed by atoms with Gasteiger partial charge in [-0.05, 0) is 46.6 Å². The van der Waals surface area contributed by atoms with Gasteiger partial charge in [0.25, 0.3) is 11.6 Å². The van der Waals surface area contributed by atoms with E-state index in [1.807, 2.05) is 19.1 Å². The van der Waals surface area contributed by atoms with Crippen LogP contribution in [0.2, 0.25) is 0 Å². The zero-order valence-electron chi connectivity index (χ0n) is 10.9. The van der Waals surface area contributed by atoms with E-state index < -0.39 is 10.8 Å². The number of nitrogens with one attached hydrogen (secondary N) is 1. The second kappa shape index (κ2) is 6.36. The van der Waals surface area contributed by atoms with E-state index in [9.17, 15) is 14.9 Å². The molecular weight excluding hydrogens is 404 g/mol. The number of nitro groups is 1. The van der Waals surface area contributed by atoms with Crippen molar-refractivity contribution in [2.24, 2.45) is 0 Å². The molecule has 0 unspecified atom stereocenters. The maximum absolute atomic E-state index is 12.3. The minimum atomic E-state index is -0.534. The summed E-state index contributed by atoms with van der Waals surface area (Å²) >= 11 is 6.57. The van der Waals surface area contributed by atoms with Gasteiger partial charge in [-0.15, -0.1) is 0 Å². The summed E-state index contributed by atoms with van der Waals surface area (Å²) in [5.74, 6) is -0.410. The number of amides is 1. The first-order chi connectivity index (χ1) is 9.88. The number of nitro benzene ring substituents is 1. The Morgan fingerprint density at radius 2 is 1.90 bits per heavy atom. The van der Waals surface area contributed by atoms with Gasteiger partial charge >= 0.3 is 0 Å². The summed E-state index contributed by atoms with van der Waals surface area (Å²) < 4.78 is 1.33. The smallest absolute Gasteiger partial charge is 0.270 e. The fourth-order valence-electron chi connectivity index (χ4n) is 1.72. The zero-order chi connectivity index (χ0) is 15.6. The van der Waals surface area contributed by atoms with E-state index in [-0.39, 0.29) is 11.3 Å². The van der Waals surface area contributed by atoms with Gasteiger partial charge in [-0.1, -0.05) is 22.0 Å². The molecule has 21 heavy (non-hydrogen) atoms. The predicted molar refractivity (Wildman–Crippen MR) is 87.6 cm³/mol. The highest BCUT2D eigenvalue weighted by atomic mass is 79.9. The van der Waals surface area contributed by atoms with Crippen molar-refractivity contribution in [3.63, 3.8) is 0 Å². The number of nitrogens with zero attached hydrogens (tertiary/aromatic N) is 1. The molecule has 0 fully saturated rings. The Kier molecular flexibility index (Phi) is 4.74.